The first-order valence-corrected chi connectivity index (χ1v) is 8.42. The molecular weight excluding hydrogens is 331 g/mol. The second kappa shape index (κ2) is 7.15. The molecule has 0 aliphatic carbocycles. The fourth-order valence-electron chi connectivity index (χ4n) is 1.91. The maximum absolute atomic E-state index is 13.6. The van der Waals surface area contributed by atoms with Gasteiger partial charge in [0.2, 0.25) is 0 Å². The van der Waals surface area contributed by atoms with Crippen molar-refractivity contribution in [2.45, 2.75) is 11.8 Å². The van der Waals surface area contributed by atoms with E-state index in [4.69, 9.17) is 6.42 Å². The molecule has 2 N–H and O–H groups in total. The van der Waals surface area contributed by atoms with Crippen molar-refractivity contribution in [3.05, 3.63) is 59.4 Å². The van der Waals surface area contributed by atoms with Crippen molar-refractivity contribution in [1.29, 1.82) is 0 Å². The molecule has 0 spiro atoms. The highest BCUT2D eigenvalue weighted by molar-refractivity contribution is 7.92. The Bertz CT molecular complexity index is 918. The third kappa shape index (κ3) is 4.12. The van der Waals surface area contributed by atoms with Crippen LogP contribution in [0, 0.1) is 25.1 Å². The molecule has 2 aromatic carbocycles. The Morgan fingerprint density at radius 1 is 1.25 bits per heavy atom. The van der Waals surface area contributed by atoms with Crippen LogP contribution in [0.25, 0.3) is 0 Å². The van der Waals surface area contributed by atoms with Crippen LogP contribution < -0.4 is 10.0 Å². The van der Waals surface area contributed by atoms with Gasteiger partial charge in [0, 0.05) is 11.3 Å². The molecule has 0 aromatic heterocycles. The second-order valence-electron chi connectivity index (χ2n) is 4.98. The molecule has 0 aliphatic heterocycles. The molecule has 0 unspecified atom stereocenters. The first-order chi connectivity index (χ1) is 11.3. The molecular formula is C17H15FN2O3S. The van der Waals surface area contributed by atoms with Gasteiger partial charge in [-0.25, -0.2) is 12.8 Å². The molecule has 0 heterocycles. The fourth-order valence-corrected chi connectivity index (χ4v) is 2.97. The van der Waals surface area contributed by atoms with E-state index in [-0.39, 0.29) is 22.7 Å². The number of anilines is 1. The predicted octanol–water partition coefficient (Wildman–Crippen LogP) is 2.30. The van der Waals surface area contributed by atoms with Crippen LogP contribution in [0.3, 0.4) is 0 Å². The van der Waals surface area contributed by atoms with Gasteiger partial charge in [0.1, 0.15) is 5.82 Å². The Kier molecular flexibility index (Phi) is 5.21. The summed E-state index contributed by atoms with van der Waals surface area (Å²) in [5.74, 6) is 1.24. The van der Waals surface area contributed by atoms with Crippen LogP contribution in [0.1, 0.15) is 15.9 Å². The number of carbonyl (C=O) groups excluding carboxylic acids is 1. The highest BCUT2D eigenvalue weighted by Crippen LogP contribution is 2.19. The lowest BCUT2D eigenvalue weighted by Gasteiger charge is -2.10. The van der Waals surface area contributed by atoms with Crippen LogP contribution in [0.4, 0.5) is 10.1 Å². The molecule has 0 bridgehead atoms. The van der Waals surface area contributed by atoms with Crippen molar-refractivity contribution in [3.63, 3.8) is 0 Å². The van der Waals surface area contributed by atoms with Crippen molar-refractivity contribution in [2.75, 3.05) is 11.3 Å². The minimum atomic E-state index is -3.97. The van der Waals surface area contributed by atoms with Gasteiger partial charge in [-0.05, 0) is 42.8 Å². The van der Waals surface area contributed by atoms with Gasteiger partial charge in [0.15, 0.2) is 0 Å². The van der Waals surface area contributed by atoms with E-state index in [0.717, 1.165) is 6.07 Å². The zero-order chi connectivity index (χ0) is 17.7. The summed E-state index contributed by atoms with van der Waals surface area (Å²) in [5.41, 5.74) is 0.783. The van der Waals surface area contributed by atoms with Crippen molar-refractivity contribution in [2.24, 2.45) is 0 Å². The quantitative estimate of drug-likeness (QED) is 0.816. The molecule has 0 atom stereocenters. The number of halogens is 1. The fraction of sp³-hybridized carbons (Fsp3) is 0.118. The summed E-state index contributed by atoms with van der Waals surface area (Å²) in [4.78, 5) is 11.6. The molecule has 1 amide bonds. The number of sulfonamides is 1. The van der Waals surface area contributed by atoms with Gasteiger partial charge in [0.05, 0.1) is 11.4 Å². The molecule has 7 heteroatoms. The average molecular weight is 346 g/mol. The number of hydrogen-bond acceptors (Lipinski definition) is 3. The van der Waals surface area contributed by atoms with Gasteiger partial charge < -0.3 is 5.32 Å². The molecule has 2 aromatic rings. The van der Waals surface area contributed by atoms with Crippen molar-refractivity contribution in [3.8, 4) is 12.3 Å². The minimum Gasteiger partial charge on any atom is -0.341 e. The normalized spacial score (nSPS) is 10.7. The van der Waals surface area contributed by atoms with E-state index < -0.39 is 21.7 Å². The maximum atomic E-state index is 13.6. The summed E-state index contributed by atoms with van der Waals surface area (Å²) in [6, 6.07) is 9.54. The van der Waals surface area contributed by atoms with Gasteiger partial charge >= 0.3 is 0 Å². The van der Waals surface area contributed by atoms with Gasteiger partial charge in [0.25, 0.3) is 15.9 Å². The van der Waals surface area contributed by atoms with E-state index in [0.29, 0.717) is 5.56 Å². The van der Waals surface area contributed by atoms with E-state index in [1.807, 2.05) is 0 Å². The van der Waals surface area contributed by atoms with Crippen molar-refractivity contribution in [1.82, 2.24) is 5.32 Å². The van der Waals surface area contributed by atoms with Crippen LogP contribution in [0.2, 0.25) is 0 Å². The number of aryl methyl sites for hydroxylation is 1. The topological polar surface area (TPSA) is 75.3 Å². The van der Waals surface area contributed by atoms with Gasteiger partial charge in [-0.1, -0.05) is 18.1 Å². The molecule has 0 saturated heterocycles. The van der Waals surface area contributed by atoms with Gasteiger partial charge in [-0.3, -0.25) is 9.52 Å². The summed E-state index contributed by atoms with van der Waals surface area (Å²) >= 11 is 0. The Hall–Kier alpha value is -2.85. The van der Waals surface area contributed by atoms with E-state index in [2.05, 4.69) is 16.0 Å². The Morgan fingerprint density at radius 2 is 2.00 bits per heavy atom. The monoisotopic (exact) mass is 346 g/mol. The lowest BCUT2D eigenvalue weighted by atomic mass is 10.2. The average Bonchev–Trinajstić information content (AvgIpc) is 2.54. The molecule has 124 valence electrons. The molecule has 0 fully saturated rings. The van der Waals surface area contributed by atoms with Crippen LogP contribution in [0.15, 0.2) is 47.4 Å². The summed E-state index contributed by atoms with van der Waals surface area (Å²) in [5, 5.41) is 2.48. The van der Waals surface area contributed by atoms with E-state index >= 15 is 0 Å². The lowest BCUT2D eigenvalue weighted by molar-refractivity contribution is 0.0958. The predicted molar refractivity (Wildman–Crippen MR) is 89.6 cm³/mol. The second-order valence-corrected chi connectivity index (χ2v) is 6.67. The van der Waals surface area contributed by atoms with Crippen LogP contribution >= 0.6 is 0 Å². The highest BCUT2D eigenvalue weighted by atomic mass is 32.2. The lowest BCUT2D eigenvalue weighted by Crippen LogP contribution is -2.23. The smallest absolute Gasteiger partial charge is 0.261 e. The maximum Gasteiger partial charge on any atom is 0.261 e. The highest BCUT2D eigenvalue weighted by Gasteiger charge is 2.16. The SMILES string of the molecule is C#CCNC(=O)c1cccc(NS(=O)(=O)c2ccc(C)c(F)c2)c1. The Labute approximate surface area is 139 Å². The first-order valence-electron chi connectivity index (χ1n) is 6.94. The molecule has 0 saturated carbocycles. The van der Waals surface area contributed by atoms with Crippen LogP contribution in [-0.4, -0.2) is 20.9 Å². The summed E-state index contributed by atoms with van der Waals surface area (Å²) < 4.78 is 40.5. The van der Waals surface area contributed by atoms with E-state index in [1.54, 1.807) is 0 Å². The minimum absolute atomic E-state index is 0.0669. The third-order valence-corrected chi connectivity index (χ3v) is 4.56. The standard InChI is InChI=1S/C17H15FN2O3S/c1-3-9-19-17(21)13-5-4-6-14(10-13)20-24(22,23)15-8-7-12(2)16(18)11-15/h1,4-8,10-11,20H,9H2,2H3,(H,19,21). The van der Waals surface area contributed by atoms with Crippen LogP contribution in [0.5, 0.6) is 0 Å². The van der Waals surface area contributed by atoms with Crippen molar-refractivity contribution >= 4 is 21.6 Å². The first kappa shape index (κ1) is 17.5. The van der Waals surface area contributed by atoms with E-state index in [9.17, 15) is 17.6 Å². The number of carbonyl (C=O) groups is 1. The number of benzene rings is 2. The third-order valence-electron chi connectivity index (χ3n) is 3.18. The summed E-state index contributed by atoms with van der Waals surface area (Å²) in [6.45, 7) is 1.61. The Morgan fingerprint density at radius 3 is 2.67 bits per heavy atom. The number of hydrogen-bond donors (Lipinski definition) is 2. The molecule has 0 radical (unpaired) electrons. The van der Waals surface area contributed by atoms with E-state index in [1.165, 1.54) is 43.3 Å². The van der Waals surface area contributed by atoms with Gasteiger partial charge in [-0.2, -0.15) is 0 Å². The zero-order valence-corrected chi connectivity index (χ0v) is 13.7. The number of rotatable bonds is 5. The summed E-state index contributed by atoms with van der Waals surface area (Å²) in [7, 11) is -3.97. The van der Waals surface area contributed by atoms with Crippen molar-refractivity contribution < 1.29 is 17.6 Å². The molecule has 24 heavy (non-hydrogen) atoms. The largest absolute Gasteiger partial charge is 0.341 e. The molecule has 5 nitrogen and oxygen atoms in total. The Balaban J connectivity index is 2.25. The molecule has 2 rings (SSSR count). The number of nitrogens with one attached hydrogen (secondary N) is 2. The summed E-state index contributed by atoms with van der Waals surface area (Å²) in [6.07, 6.45) is 5.07. The number of amides is 1. The number of terminal acetylenes is 1. The van der Waals surface area contributed by atoms with Crippen LogP contribution in [-0.2, 0) is 10.0 Å². The molecule has 0 aliphatic rings. The van der Waals surface area contributed by atoms with Gasteiger partial charge in [-0.15, -0.1) is 6.42 Å². The zero-order valence-electron chi connectivity index (χ0n) is 12.8.